The molecule has 0 saturated heterocycles. The molecule has 0 aliphatic rings. The maximum Gasteiger partial charge on any atom is 0.272 e. The zero-order chi connectivity index (χ0) is 30.1. The van der Waals surface area contributed by atoms with Crippen molar-refractivity contribution in [3.05, 3.63) is 107 Å². The Morgan fingerprint density at radius 1 is 0.976 bits per heavy atom. The van der Waals surface area contributed by atoms with E-state index in [1.54, 1.807) is 36.4 Å². The molecule has 0 aliphatic carbocycles. The van der Waals surface area contributed by atoms with Gasteiger partial charge in [-0.05, 0) is 67.4 Å². The second-order valence-corrected chi connectivity index (χ2v) is 11.8. The summed E-state index contributed by atoms with van der Waals surface area (Å²) in [7, 11) is 3.90. The van der Waals surface area contributed by atoms with Crippen LogP contribution < -0.4 is 20.9 Å². The third kappa shape index (κ3) is 8.55. The van der Waals surface area contributed by atoms with Crippen LogP contribution in [0.4, 0.5) is 16.5 Å². The molecule has 42 heavy (non-hydrogen) atoms. The van der Waals surface area contributed by atoms with E-state index in [0.29, 0.717) is 22.8 Å². The van der Waals surface area contributed by atoms with Crippen LogP contribution >= 0.6 is 23.1 Å². The van der Waals surface area contributed by atoms with Crippen LogP contribution in [0.25, 0.3) is 6.08 Å². The average Bonchev–Trinajstić information content (AvgIpc) is 3.40. The molecule has 1 aromatic heterocycles. The van der Waals surface area contributed by atoms with Gasteiger partial charge < -0.3 is 20.9 Å². The fraction of sp³-hybridized carbons (Fsp3) is 0.188. The molecule has 216 valence electrons. The topological polar surface area (TPSA) is 103 Å². The standard InChI is InChI=1S/C32H33N5O3S2/c1-5-28(31(40)36-32-33-21(2)20-41-32)42-26-13-9-12-24(19-26)34-30(39)27(35-29(38)23-10-7-6-8-11-23)18-22-14-16-25(17-15-22)37(3)4/h6-20,28H,5H2,1-4H3,(H,34,39)(H,35,38)(H,33,36,40)/b27-18+. The van der Waals surface area contributed by atoms with Gasteiger partial charge in [0.05, 0.1) is 10.9 Å². The fourth-order valence-electron chi connectivity index (χ4n) is 3.91. The van der Waals surface area contributed by atoms with Crippen molar-refractivity contribution in [3.8, 4) is 0 Å². The number of nitrogens with one attached hydrogen (secondary N) is 3. The summed E-state index contributed by atoms with van der Waals surface area (Å²) in [4.78, 5) is 46.4. The van der Waals surface area contributed by atoms with Crippen molar-refractivity contribution in [1.82, 2.24) is 10.3 Å². The number of carbonyl (C=O) groups excluding carboxylic acids is 3. The second kappa shape index (κ2) is 14.5. The molecule has 1 heterocycles. The van der Waals surface area contributed by atoms with Gasteiger partial charge in [-0.3, -0.25) is 14.4 Å². The lowest BCUT2D eigenvalue weighted by Crippen LogP contribution is -2.30. The van der Waals surface area contributed by atoms with Crippen LogP contribution in [-0.2, 0) is 9.59 Å². The van der Waals surface area contributed by atoms with E-state index in [9.17, 15) is 14.4 Å². The summed E-state index contributed by atoms with van der Waals surface area (Å²) in [6.07, 6.45) is 2.26. The third-order valence-corrected chi connectivity index (χ3v) is 8.37. The van der Waals surface area contributed by atoms with Crippen molar-refractivity contribution < 1.29 is 14.4 Å². The largest absolute Gasteiger partial charge is 0.378 e. The summed E-state index contributed by atoms with van der Waals surface area (Å²) in [6.45, 7) is 3.83. The number of carbonyl (C=O) groups is 3. The van der Waals surface area contributed by atoms with Crippen molar-refractivity contribution >= 4 is 63.4 Å². The van der Waals surface area contributed by atoms with Crippen molar-refractivity contribution in [3.63, 3.8) is 0 Å². The molecule has 0 spiro atoms. The van der Waals surface area contributed by atoms with Crippen LogP contribution in [0.1, 0.15) is 35.0 Å². The molecule has 0 saturated carbocycles. The molecule has 0 aliphatic heterocycles. The molecule has 8 nitrogen and oxygen atoms in total. The highest BCUT2D eigenvalue weighted by Crippen LogP contribution is 2.29. The molecule has 10 heteroatoms. The number of nitrogens with zero attached hydrogens (tertiary/aromatic N) is 2. The summed E-state index contributed by atoms with van der Waals surface area (Å²) < 4.78 is 0. The number of rotatable bonds is 11. The van der Waals surface area contributed by atoms with Gasteiger partial charge in [-0.2, -0.15) is 0 Å². The minimum Gasteiger partial charge on any atom is -0.378 e. The normalized spacial score (nSPS) is 11.9. The van der Waals surface area contributed by atoms with E-state index in [-0.39, 0.29) is 16.9 Å². The number of hydrogen-bond acceptors (Lipinski definition) is 7. The number of aromatic nitrogens is 1. The first-order valence-corrected chi connectivity index (χ1v) is 15.1. The first kappa shape index (κ1) is 30.5. The average molecular weight is 600 g/mol. The Bertz CT molecular complexity index is 1570. The van der Waals surface area contributed by atoms with Gasteiger partial charge in [0.1, 0.15) is 5.70 Å². The Kier molecular flexibility index (Phi) is 10.5. The van der Waals surface area contributed by atoms with Gasteiger partial charge in [0.25, 0.3) is 11.8 Å². The fourth-order valence-corrected chi connectivity index (χ4v) is 5.61. The number of thiazole rings is 1. The van der Waals surface area contributed by atoms with E-state index >= 15 is 0 Å². The SMILES string of the molecule is CCC(Sc1cccc(NC(=O)/C(=C\c2ccc(N(C)C)cc2)NC(=O)c2ccccc2)c1)C(=O)Nc1nc(C)cs1. The Balaban J connectivity index is 1.51. The number of anilines is 3. The molecule has 4 aromatic rings. The smallest absolute Gasteiger partial charge is 0.272 e. The van der Waals surface area contributed by atoms with Gasteiger partial charge in [-0.1, -0.05) is 43.3 Å². The molecule has 3 N–H and O–H groups in total. The molecule has 1 unspecified atom stereocenters. The Hall–Kier alpha value is -4.41. The van der Waals surface area contributed by atoms with Crippen LogP contribution in [0.3, 0.4) is 0 Å². The Labute approximate surface area is 254 Å². The number of hydrogen-bond donors (Lipinski definition) is 3. The van der Waals surface area contributed by atoms with Crippen LogP contribution in [0.5, 0.6) is 0 Å². The minimum atomic E-state index is -0.470. The van der Waals surface area contributed by atoms with Crippen LogP contribution in [0, 0.1) is 6.92 Å². The minimum absolute atomic E-state index is 0.101. The molecule has 3 aromatic carbocycles. The van der Waals surface area contributed by atoms with Crippen LogP contribution in [-0.4, -0.2) is 42.1 Å². The number of aryl methyl sites for hydroxylation is 1. The molecular weight excluding hydrogens is 567 g/mol. The van der Waals surface area contributed by atoms with Crippen molar-refractivity contribution in [2.45, 2.75) is 30.4 Å². The van der Waals surface area contributed by atoms with Crippen molar-refractivity contribution in [2.24, 2.45) is 0 Å². The maximum absolute atomic E-state index is 13.5. The lowest BCUT2D eigenvalue weighted by molar-refractivity contribution is -0.116. The molecule has 1 atom stereocenters. The first-order chi connectivity index (χ1) is 20.2. The van der Waals surface area contributed by atoms with E-state index in [1.165, 1.54) is 23.1 Å². The third-order valence-electron chi connectivity index (χ3n) is 6.13. The monoisotopic (exact) mass is 599 g/mol. The van der Waals surface area contributed by atoms with Gasteiger partial charge in [0.2, 0.25) is 5.91 Å². The lowest BCUT2D eigenvalue weighted by atomic mass is 10.1. The first-order valence-electron chi connectivity index (χ1n) is 13.4. The van der Waals surface area contributed by atoms with Gasteiger partial charge in [-0.25, -0.2) is 4.98 Å². The predicted octanol–water partition coefficient (Wildman–Crippen LogP) is 6.44. The zero-order valence-electron chi connectivity index (χ0n) is 23.9. The highest BCUT2D eigenvalue weighted by Gasteiger charge is 2.20. The highest BCUT2D eigenvalue weighted by molar-refractivity contribution is 8.00. The molecule has 0 fully saturated rings. The summed E-state index contributed by atoms with van der Waals surface area (Å²) in [5, 5.41) is 10.7. The summed E-state index contributed by atoms with van der Waals surface area (Å²) in [5.41, 5.74) is 3.72. The quantitative estimate of drug-likeness (QED) is 0.136. The van der Waals surface area contributed by atoms with E-state index in [4.69, 9.17) is 0 Å². The zero-order valence-corrected chi connectivity index (χ0v) is 25.5. The van der Waals surface area contributed by atoms with E-state index in [2.05, 4.69) is 20.9 Å². The van der Waals surface area contributed by atoms with Crippen molar-refractivity contribution in [2.75, 3.05) is 29.6 Å². The maximum atomic E-state index is 13.5. The van der Waals surface area contributed by atoms with Crippen LogP contribution in [0.2, 0.25) is 0 Å². The van der Waals surface area contributed by atoms with Crippen LogP contribution in [0.15, 0.2) is 94.8 Å². The van der Waals surface area contributed by atoms with E-state index in [0.717, 1.165) is 21.8 Å². The summed E-state index contributed by atoms with van der Waals surface area (Å²) in [6, 6.07) is 23.7. The molecule has 3 amide bonds. The second-order valence-electron chi connectivity index (χ2n) is 9.64. The lowest BCUT2D eigenvalue weighted by Gasteiger charge is -2.15. The Morgan fingerprint density at radius 3 is 2.36 bits per heavy atom. The van der Waals surface area contributed by atoms with Gasteiger partial charge >= 0.3 is 0 Å². The predicted molar refractivity (Wildman–Crippen MR) is 173 cm³/mol. The molecule has 0 radical (unpaired) electrons. The number of amides is 3. The van der Waals surface area contributed by atoms with Gasteiger partial charge in [0, 0.05) is 41.3 Å². The number of thioether (sulfide) groups is 1. The summed E-state index contributed by atoms with van der Waals surface area (Å²) >= 11 is 2.80. The van der Waals surface area contributed by atoms with Gasteiger partial charge in [0.15, 0.2) is 5.13 Å². The highest BCUT2D eigenvalue weighted by atomic mass is 32.2. The number of benzene rings is 3. The Morgan fingerprint density at radius 2 is 1.71 bits per heavy atom. The van der Waals surface area contributed by atoms with Crippen molar-refractivity contribution in [1.29, 1.82) is 0 Å². The van der Waals surface area contributed by atoms with E-state index < -0.39 is 11.8 Å². The van der Waals surface area contributed by atoms with E-state index in [1.807, 2.05) is 86.8 Å². The van der Waals surface area contributed by atoms with Gasteiger partial charge in [-0.15, -0.1) is 23.1 Å². The molecular formula is C32H33N5O3S2. The molecule has 4 rings (SSSR count). The summed E-state index contributed by atoms with van der Waals surface area (Å²) in [5.74, 6) is -0.985. The molecule has 0 bridgehead atoms.